The first kappa shape index (κ1) is 14.5. The molecule has 5 heteroatoms. The Morgan fingerprint density at radius 1 is 1.55 bits per heavy atom. The van der Waals surface area contributed by atoms with Crippen LogP contribution in [0, 0.1) is 11.8 Å². The molecule has 0 atom stereocenters. The lowest BCUT2D eigenvalue weighted by atomic mass is 9.80. The fourth-order valence-electron chi connectivity index (χ4n) is 2.11. The Morgan fingerprint density at radius 3 is 2.85 bits per heavy atom. The molecule has 0 bridgehead atoms. The number of carbonyl (C=O) groups excluding carboxylic acids is 1. The number of nitrogens with two attached hydrogens (primary N) is 1. The van der Waals surface area contributed by atoms with Crippen molar-refractivity contribution < 1.29 is 9.53 Å². The van der Waals surface area contributed by atoms with Crippen LogP contribution < -0.4 is 11.1 Å². The Balaban J connectivity index is 1.92. The SMILES string of the molecule is COC1(CNC(=O)c2ccc(C#CCN)cn2)CCC1. The molecule has 20 heavy (non-hydrogen) atoms. The highest BCUT2D eigenvalue weighted by atomic mass is 16.5. The van der Waals surface area contributed by atoms with Crippen LogP contribution in [0.5, 0.6) is 0 Å². The molecule has 1 aromatic heterocycles. The summed E-state index contributed by atoms with van der Waals surface area (Å²) in [6, 6.07) is 3.43. The van der Waals surface area contributed by atoms with Gasteiger partial charge in [0.15, 0.2) is 0 Å². The second-order valence-electron chi connectivity index (χ2n) is 4.86. The number of methoxy groups -OCH3 is 1. The number of aromatic nitrogens is 1. The van der Waals surface area contributed by atoms with Crippen molar-refractivity contribution in [3.8, 4) is 11.8 Å². The number of hydrogen-bond donors (Lipinski definition) is 2. The van der Waals surface area contributed by atoms with E-state index in [-0.39, 0.29) is 11.5 Å². The third-order valence-corrected chi connectivity index (χ3v) is 3.60. The summed E-state index contributed by atoms with van der Waals surface area (Å²) in [5.41, 5.74) is 6.25. The van der Waals surface area contributed by atoms with Crippen LogP contribution in [-0.2, 0) is 4.74 Å². The van der Waals surface area contributed by atoms with Gasteiger partial charge in [-0.2, -0.15) is 0 Å². The number of hydrogen-bond acceptors (Lipinski definition) is 4. The molecule has 0 unspecified atom stereocenters. The van der Waals surface area contributed by atoms with Gasteiger partial charge in [-0.1, -0.05) is 11.8 Å². The predicted molar refractivity (Wildman–Crippen MR) is 76.1 cm³/mol. The molecular weight excluding hydrogens is 254 g/mol. The summed E-state index contributed by atoms with van der Waals surface area (Å²) in [5, 5.41) is 2.87. The molecule has 1 heterocycles. The first-order valence-corrected chi connectivity index (χ1v) is 6.67. The summed E-state index contributed by atoms with van der Waals surface area (Å²) in [6.07, 6.45) is 4.71. The first-order chi connectivity index (χ1) is 9.69. The Morgan fingerprint density at radius 2 is 2.35 bits per heavy atom. The number of pyridine rings is 1. The van der Waals surface area contributed by atoms with E-state index in [0.29, 0.717) is 18.8 Å². The first-order valence-electron chi connectivity index (χ1n) is 6.67. The number of amides is 1. The molecule has 106 valence electrons. The van der Waals surface area contributed by atoms with Gasteiger partial charge in [-0.3, -0.25) is 4.79 Å². The zero-order valence-corrected chi connectivity index (χ0v) is 11.6. The molecule has 0 saturated heterocycles. The van der Waals surface area contributed by atoms with Gasteiger partial charge in [0.1, 0.15) is 5.69 Å². The topological polar surface area (TPSA) is 77.2 Å². The second kappa shape index (κ2) is 6.51. The summed E-state index contributed by atoms with van der Waals surface area (Å²) in [6.45, 7) is 0.833. The normalized spacial score (nSPS) is 15.7. The van der Waals surface area contributed by atoms with Crippen LogP contribution in [0.2, 0.25) is 0 Å². The summed E-state index contributed by atoms with van der Waals surface area (Å²) in [7, 11) is 1.69. The van der Waals surface area contributed by atoms with Gasteiger partial charge in [-0.05, 0) is 31.4 Å². The number of nitrogens with one attached hydrogen (secondary N) is 1. The van der Waals surface area contributed by atoms with Crippen LogP contribution in [-0.4, -0.2) is 36.7 Å². The number of nitrogens with zero attached hydrogens (tertiary/aromatic N) is 1. The minimum absolute atomic E-state index is 0.178. The Labute approximate surface area is 118 Å². The lowest BCUT2D eigenvalue weighted by molar-refractivity contribution is -0.0679. The standard InChI is InChI=1S/C15H19N3O2/c1-20-15(7-3-8-15)11-18-14(19)13-6-5-12(10-17-13)4-2-9-16/h5-6,10H,3,7-9,11,16H2,1H3,(H,18,19). The van der Waals surface area contributed by atoms with Crippen LogP contribution in [0.4, 0.5) is 0 Å². The molecule has 1 aromatic rings. The summed E-state index contributed by atoms with van der Waals surface area (Å²) >= 11 is 0. The Bertz CT molecular complexity index is 519. The molecule has 0 radical (unpaired) electrons. The van der Waals surface area contributed by atoms with Gasteiger partial charge in [0, 0.05) is 25.4 Å². The molecule has 5 nitrogen and oxygen atoms in total. The van der Waals surface area contributed by atoms with Crippen molar-refractivity contribution in [1.82, 2.24) is 10.3 Å². The second-order valence-corrected chi connectivity index (χ2v) is 4.86. The van der Waals surface area contributed by atoms with E-state index in [1.165, 1.54) is 0 Å². The fraction of sp³-hybridized carbons (Fsp3) is 0.467. The third kappa shape index (κ3) is 3.35. The van der Waals surface area contributed by atoms with E-state index in [2.05, 4.69) is 22.1 Å². The number of carbonyl (C=O) groups is 1. The molecule has 1 saturated carbocycles. The van der Waals surface area contributed by atoms with Crippen molar-refractivity contribution in [3.05, 3.63) is 29.6 Å². The minimum Gasteiger partial charge on any atom is -0.376 e. The largest absolute Gasteiger partial charge is 0.376 e. The number of ether oxygens (including phenoxy) is 1. The van der Waals surface area contributed by atoms with Crippen molar-refractivity contribution >= 4 is 5.91 Å². The molecule has 1 aliphatic carbocycles. The van der Waals surface area contributed by atoms with E-state index in [9.17, 15) is 4.79 Å². The molecule has 0 aliphatic heterocycles. The quantitative estimate of drug-likeness (QED) is 0.791. The van der Waals surface area contributed by atoms with Gasteiger partial charge in [0.25, 0.3) is 5.91 Å². The zero-order chi connectivity index (χ0) is 14.4. The Hall–Kier alpha value is -1.90. The zero-order valence-electron chi connectivity index (χ0n) is 11.6. The van der Waals surface area contributed by atoms with E-state index in [1.54, 1.807) is 25.4 Å². The maximum Gasteiger partial charge on any atom is 0.269 e. The van der Waals surface area contributed by atoms with Crippen molar-refractivity contribution in [2.45, 2.75) is 24.9 Å². The van der Waals surface area contributed by atoms with Crippen LogP contribution >= 0.6 is 0 Å². The summed E-state index contributed by atoms with van der Waals surface area (Å²) in [5.74, 6) is 5.42. The van der Waals surface area contributed by atoms with Gasteiger partial charge in [0.05, 0.1) is 12.1 Å². The number of rotatable bonds is 4. The van der Waals surface area contributed by atoms with Crippen molar-refractivity contribution in [3.63, 3.8) is 0 Å². The monoisotopic (exact) mass is 273 g/mol. The van der Waals surface area contributed by atoms with E-state index in [0.717, 1.165) is 24.8 Å². The van der Waals surface area contributed by atoms with Gasteiger partial charge in [0.2, 0.25) is 0 Å². The average Bonchev–Trinajstić information content (AvgIpc) is 2.45. The highest BCUT2D eigenvalue weighted by Crippen LogP contribution is 2.34. The molecule has 0 spiro atoms. The van der Waals surface area contributed by atoms with Gasteiger partial charge in [-0.25, -0.2) is 4.98 Å². The van der Waals surface area contributed by atoms with Gasteiger partial charge in [-0.15, -0.1) is 0 Å². The summed E-state index contributed by atoms with van der Waals surface area (Å²) in [4.78, 5) is 16.1. The predicted octanol–water partition coefficient (Wildman–Crippen LogP) is 0.691. The van der Waals surface area contributed by atoms with E-state index >= 15 is 0 Å². The lowest BCUT2D eigenvalue weighted by Crippen LogP contribution is -2.49. The average molecular weight is 273 g/mol. The molecule has 1 aliphatic rings. The maximum atomic E-state index is 12.0. The van der Waals surface area contributed by atoms with Crippen LogP contribution in [0.15, 0.2) is 18.3 Å². The fourth-order valence-corrected chi connectivity index (χ4v) is 2.11. The molecule has 1 amide bonds. The molecule has 0 aromatic carbocycles. The summed E-state index contributed by atoms with van der Waals surface area (Å²) < 4.78 is 5.46. The van der Waals surface area contributed by atoms with E-state index in [1.807, 2.05) is 0 Å². The molecule has 1 fully saturated rings. The van der Waals surface area contributed by atoms with Crippen molar-refractivity contribution in [2.24, 2.45) is 5.73 Å². The van der Waals surface area contributed by atoms with E-state index < -0.39 is 0 Å². The third-order valence-electron chi connectivity index (χ3n) is 3.60. The minimum atomic E-state index is -0.188. The lowest BCUT2D eigenvalue weighted by Gasteiger charge is -2.40. The molecule has 2 rings (SSSR count). The van der Waals surface area contributed by atoms with Crippen LogP contribution in [0.25, 0.3) is 0 Å². The maximum absolute atomic E-state index is 12.0. The van der Waals surface area contributed by atoms with E-state index in [4.69, 9.17) is 10.5 Å². The smallest absolute Gasteiger partial charge is 0.269 e. The van der Waals surface area contributed by atoms with Crippen molar-refractivity contribution in [1.29, 1.82) is 0 Å². The highest BCUT2D eigenvalue weighted by Gasteiger charge is 2.37. The van der Waals surface area contributed by atoms with Gasteiger partial charge >= 0.3 is 0 Å². The van der Waals surface area contributed by atoms with Crippen LogP contribution in [0.1, 0.15) is 35.3 Å². The molecule has 3 N–H and O–H groups in total. The van der Waals surface area contributed by atoms with Crippen molar-refractivity contribution in [2.75, 3.05) is 20.2 Å². The highest BCUT2D eigenvalue weighted by molar-refractivity contribution is 5.92. The van der Waals surface area contributed by atoms with Gasteiger partial charge < -0.3 is 15.8 Å². The van der Waals surface area contributed by atoms with Crippen LogP contribution in [0.3, 0.4) is 0 Å². The molecular formula is C15H19N3O2. The Kier molecular flexibility index (Phi) is 4.72.